The number of hydrogen-bond donors (Lipinski definition) is 1. The van der Waals surface area contributed by atoms with E-state index in [2.05, 4.69) is 31.3 Å². The van der Waals surface area contributed by atoms with Gasteiger partial charge in [-0.3, -0.25) is 4.79 Å². The van der Waals surface area contributed by atoms with Gasteiger partial charge >= 0.3 is 0 Å². The van der Waals surface area contributed by atoms with Crippen molar-refractivity contribution in [2.75, 3.05) is 0 Å². The van der Waals surface area contributed by atoms with Crippen LogP contribution in [0.2, 0.25) is 0 Å². The number of benzene rings is 1. The van der Waals surface area contributed by atoms with Crippen LogP contribution in [0.15, 0.2) is 63.6 Å². The Balaban J connectivity index is 1.51. The lowest BCUT2D eigenvalue weighted by atomic mass is 9.99. The molecule has 3 aromatic rings. The number of ether oxygens (including phenoxy) is 1. The molecule has 136 valence electrons. The van der Waals surface area contributed by atoms with Crippen molar-refractivity contribution in [2.45, 2.75) is 39.3 Å². The maximum Gasteiger partial charge on any atom is 0.287 e. The van der Waals surface area contributed by atoms with Crippen molar-refractivity contribution in [3.05, 3.63) is 77.6 Å². The zero-order valence-corrected chi connectivity index (χ0v) is 15.0. The Labute approximate surface area is 153 Å². The molecule has 0 spiro atoms. The first kappa shape index (κ1) is 17.9. The molecule has 0 bridgehead atoms. The normalized spacial score (nSPS) is 11.9. The van der Waals surface area contributed by atoms with Crippen LogP contribution >= 0.6 is 0 Å². The highest BCUT2D eigenvalue weighted by molar-refractivity contribution is 5.91. The van der Waals surface area contributed by atoms with E-state index >= 15 is 0 Å². The smallest absolute Gasteiger partial charge is 0.287 e. The van der Waals surface area contributed by atoms with E-state index in [1.165, 1.54) is 5.56 Å². The molecule has 1 amide bonds. The summed E-state index contributed by atoms with van der Waals surface area (Å²) in [6.07, 6.45) is 2.68. The van der Waals surface area contributed by atoms with Gasteiger partial charge in [-0.2, -0.15) is 0 Å². The summed E-state index contributed by atoms with van der Waals surface area (Å²) in [5.41, 5.74) is 1.30. The Hall–Kier alpha value is -2.95. The first-order valence-corrected chi connectivity index (χ1v) is 8.77. The molecule has 0 aliphatic carbocycles. The number of furan rings is 2. The lowest BCUT2D eigenvalue weighted by Gasteiger charge is -2.10. The van der Waals surface area contributed by atoms with Gasteiger partial charge in [-0.15, -0.1) is 0 Å². The summed E-state index contributed by atoms with van der Waals surface area (Å²) in [5, 5.41) is 2.74. The zero-order valence-electron chi connectivity index (χ0n) is 15.0. The topological polar surface area (TPSA) is 64.6 Å². The van der Waals surface area contributed by atoms with Crippen molar-refractivity contribution in [1.29, 1.82) is 0 Å². The summed E-state index contributed by atoms with van der Waals surface area (Å²) in [6.45, 7) is 4.97. The number of nitrogens with one attached hydrogen (secondary N) is 1. The lowest BCUT2D eigenvalue weighted by Crippen LogP contribution is -2.21. The van der Waals surface area contributed by atoms with Gasteiger partial charge in [-0.25, -0.2) is 0 Å². The van der Waals surface area contributed by atoms with Gasteiger partial charge in [0.1, 0.15) is 23.9 Å². The number of carbonyl (C=O) groups excluding carboxylic acids is 1. The number of carbonyl (C=O) groups is 1. The molecule has 0 fully saturated rings. The fraction of sp³-hybridized carbons (Fsp3) is 0.286. The Bertz CT molecular complexity index is 818. The monoisotopic (exact) mass is 353 g/mol. The van der Waals surface area contributed by atoms with E-state index in [1.807, 2.05) is 12.1 Å². The van der Waals surface area contributed by atoms with Crippen molar-refractivity contribution in [1.82, 2.24) is 5.32 Å². The summed E-state index contributed by atoms with van der Waals surface area (Å²) in [7, 11) is 0. The van der Waals surface area contributed by atoms with E-state index in [9.17, 15) is 4.79 Å². The van der Waals surface area contributed by atoms with E-state index in [1.54, 1.807) is 30.5 Å². The molecule has 5 nitrogen and oxygen atoms in total. The van der Waals surface area contributed by atoms with Crippen LogP contribution in [0.1, 0.15) is 53.8 Å². The summed E-state index contributed by atoms with van der Waals surface area (Å²) >= 11 is 0. The highest BCUT2D eigenvalue weighted by atomic mass is 16.5. The van der Waals surface area contributed by atoms with Crippen molar-refractivity contribution in [3.63, 3.8) is 0 Å². The standard InChI is InChI=1S/C21H23NO4/c1-3-15(2)16-6-8-17(9-7-16)25-14-19-10-11-20(26-19)21(23)22-13-18-5-4-12-24-18/h4-12,15H,3,13-14H2,1-2H3,(H,22,23). The third kappa shape index (κ3) is 4.57. The van der Waals surface area contributed by atoms with Crippen LogP contribution in [-0.2, 0) is 13.2 Å². The molecule has 0 radical (unpaired) electrons. The van der Waals surface area contributed by atoms with Gasteiger partial charge in [-0.1, -0.05) is 26.0 Å². The first-order valence-electron chi connectivity index (χ1n) is 8.77. The molecule has 0 saturated heterocycles. The molecule has 0 saturated carbocycles. The van der Waals surface area contributed by atoms with Crippen LogP contribution in [-0.4, -0.2) is 5.91 Å². The number of hydrogen-bond acceptors (Lipinski definition) is 4. The second kappa shape index (κ2) is 8.43. The number of amides is 1. The maximum absolute atomic E-state index is 12.1. The van der Waals surface area contributed by atoms with Crippen LogP contribution in [0.25, 0.3) is 0 Å². The van der Waals surface area contributed by atoms with E-state index in [0.29, 0.717) is 24.0 Å². The Morgan fingerprint density at radius 3 is 2.62 bits per heavy atom. The molecule has 2 heterocycles. The molecular weight excluding hydrogens is 330 g/mol. The van der Waals surface area contributed by atoms with Crippen LogP contribution in [0, 0.1) is 0 Å². The van der Waals surface area contributed by atoms with Crippen molar-refractivity contribution >= 4 is 5.91 Å². The molecular formula is C21H23NO4. The molecule has 3 rings (SSSR count). The summed E-state index contributed by atoms with van der Waals surface area (Å²) in [5.74, 6) is 2.56. The van der Waals surface area contributed by atoms with E-state index in [0.717, 1.165) is 12.2 Å². The Kier molecular flexibility index (Phi) is 5.79. The van der Waals surface area contributed by atoms with Crippen LogP contribution in [0.3, 0.4) is 0 Å². The fourth-order valence-corrected chi connectivity index (χ4v) is 2.53. The molecule has 0 aliphatic heterocycles. The van der Waals surface area contributed by atoms with Gasteiger partial charge in [0.2, 0.25) is 0 Å². The summed E-state index contributed by atoms with van der Waals surface area (Å²) in [6, 6.07) is 15.0. The SMILES string of the molecule is CCC(C)c1ccc(OCc2ccc(C(=O)NCc3ccco3)o2)cc1. The second-order valence-electron chi connectivity index (χ2n) is 6.20. The average molecular weight is 353 g/mol. The number of rotatable bonds is 8. The van der Waals surface area contributed by atoms with E-state index in [4.69, 9.17) is 13.6 Å². The third-order valence-corrected chi connectivity index (χ3v) is 4.33. The molecule has 1 aromatic carbocycles. The molecule has 2 aromatic heterocycles. The minimum atomic E-state index is -0.287. The van der Waals surface area contributed by atoms with Gasteiger partial charge in [0.05, 0.1) is 12.8 Å². The Morgan fingerprint density at radius 1 is 1.12 bits per heavy atom. The molecule has 0 aliphatic rings. The highest BCUT2D eigenvalue weighted by Crippen LogP contribution is 2.22. The van der Waals surface area contributed by atoms with Crippen molar-refractivity contribution < 1.29 is 18.4 Å². The van der Waals surface area contributed by atoms with Gasteiger partial charge < -0.3 is 18.9 Å². The van der Waals surface area contributed by atoms with Crippen LogP contribution in [0.5, 0.6) is 5.75 Å². The molecule has 1 N–H and O–H groups in total. The van der Waals surface area contributed by atoms with Gasteiger partial charge in [-0.05, 0) is 54.3 Å². The minimum absolute atomic E-state index is 0.252. The molecule has 1 unspecified atom stereocenters. The third-order valence-electron chi connectivity index (χ3n) is 4.33. The first-order chi connectivity index (χ1) is 12.7. The highest BCUT2D eigenvalue weighted by Gasteiger charge is 2.12. The lowest BCUT2D eigenvalue weighted by molar-refractivity contribution is 0.0916. The summed E-state index contributed by atoms with van der Waals surface area (Å²) in [4.78, 5) is 12.1. The molecule has 5 heteroatoms. The van der Waals surface area contributed by atoms with Gasteiger partial charge in [0.25, 0.3) is 5.91 Å². The minimum Gasteiger partial charge on any atom is -0.486 e. The maximum atomic E-state index is 12.1. The van der Waals surface area contributed by atoms with Crippen molar-refractivity contribution in [2.24, 2.45) is 0 Å². The van der Waals surface area contributed by atoms with E-state index < -0.39 is 0 Å². The predicted molar refractivity (Wildman–Crippen MR) is 98.1 cm³/mol. The van der Waals surface area contributed by atoms with Gasteiger partial charge in [0.15, 0.2) is 5.76 Å². The zero-order chi connectivity index (χ0) is 18.4. The van der Waals surface area contributed by atoms with Crippen molar-refractivity contribution in [3.8, 4) is 5.75 Å². The van der Waals surface area contributed by atoms with Crippen LogP contribution < -0.4 is 10.1 Å². The molecule has 1 atom stereocenters. The fourth-order valence-electron chi connectivity index (χ4n) is 2.53. The summed E-state index contributed by atoms with van der Waals surface area (Å²) < 4.78 is 16.5. The van der Waals surface area contributed by atoms with E-state index in [-0.39, 0.29) is 18.3 Å². The average Bonchev–Trinajstić information content (AvgIpc) is 3.36. The Morgan fingerprint density at radius 2 is 1.92 bits per heavy atom. The quantitative estimate of drug-likeness (QED) is 0.626. The van der Waals surface area contributed by atoms with Gasteiger partial charge in [0, 0.05) is 0 Å². The predicted octanol–water partition coefficient (Wildman–Crippen LogP) is 4.90. The molecule has 26 heavy (non-hydrogen) atoms. The second-order valence-corrected chi connectivity index (χ2v) is 6.20. The van der Waals surface area contributed by atoms with Crippen LogP contribution in [0.4, 0.5) is 0 Å². The largest absolute Gasteiger partial charge is 0.486 e.